The number of carbonyl (C=O) groups is 3. The second-order valence-electron chi connectivity index (χ2n) is 7.76. The summed E-state index contributed by atoms with van der Waals surface area (Å²) in [6.07, 6.45) is 1.60. The molecule has 0 spiro atoms. The Balaban J connectivity index is 0.00000385. The lowest BCUT2D eigenvalue weighted by atomic mass is 9.91. The van der Waals surface area contributed by atoms with E-state index in [0.717, 1.165) is 18.4 Å². The molecule has 2 atom stereocenters. The van der Waals surface area contributed by atoms with Crippen molar-refractivity contribution in [3.63, 3.8) is 0 Å². The fourth-order valence-electron chi connectivity index (χ4n) is 3.62. The maximum atomic E-state index is 12.3. The summed E-state index contributed by atoms with van der Waals surface area (Å²) in [5.41, 5.74) is 7.22. The number of hydrogen-bond acceptors (Lipinski definition) is 7. The molecule has 0 bridgehead atoms. The molecule has 0 saturated carbocycles. The van der Waals surface area contributed by atoms with Gasteiger partial charge in [0.2, 0.25) is 5.95 Å². The van der Waals surface area contributed by atoms with Gasteiger partial charge in [0.25, 0.3) is 11.5 Å². The van der Waals surface area contributed by atoms with Gasteiger partial charge in [0.05, 0.1) is 5.56 Å². The van der Waals surface area contributed by atoms with Crippen molar-refractivity contribution >= 4 is 29.6 Å². The van der Waals surface area contributed by atoms with Crippen LogP contribution in [0.4, 0.5) is 11.8 Å². The van der Waals surface area contributed by atoms with Crippen molar-refractivity contribution in [3.05, 3.63) is 51.3 Å². The molecule has 2 heterocycles. The predicted octanol–water partition coefficient (Wildman–Crippen LogP) is -0.208. The van der Waals surface area contributed by atoms with Crippen molar-refractivity contribution in [1.82, 2.24) is 15.3 Å². The van der Waals surface area contributed by atoms with Crippen molar-refractivity contribution in [3.8, 4) is 0 Å². The van der Waals surface area contributed by atoms with E-state index in [9.17, 15) is 19.2 Å². The molecule has 3 rings (SSSR count). The Hall–Kier alpha value is -3.93. The number of amides is 1. The summed E-state index contributed by atoms with van der Waals surface area (Å²) in [6.45, 7) is 0.677. The Bertz CT molecular complexity index is 1070. The minimum atomic E-state index is -1.28. The van der Waals surface area contributed by atoms with Crippen molar-refractivity contribution in [1.29, 1.82) is 0 Å². The lowest BCUT2D eigenvalue weighted by Crippen LogP contribution is -2.41. The molecule has 1 aliphatic heterocycles. The third-order valence-electron chi connectivity index (χ3n) is 5.39. The van der Waals surface area contributed by atoms with Gasteiger partial charge < -0.3 is 32.1 Å². The number of carboxylic acids is 2. The molecule has 33 heavy (non-hydrogen) atoms. The minimum absolute atomic E-state index is 0. The number of fused-ring (bicyclic) bond motifs is 1. The number of nitrogen functional groups attached to an aromatic ring is 1. The van der Waals surface area contributed by atoms with Crippen molar-refractivity contribution in [2.75, 3.05) is 17.6 Å². The molecule has 1 aliphatic rings. The maximum Gasteiger partial charge on any atom is 0.326 e. The van der Waals surface area contributed by atoms with Crippen LogP contribution in [0.5, 0.6) is 0 Å². The van der Waals surface area contributed by atoms with Gasteiger partial charge in [-0.05, 0) is 49.3 Å². The van der Waals surface area contributed by atoms with Crippen molar-refractivity contribution in [2.24, 2.45) is 5.92 Å². The summed E-state index contributed by atoms with van der Waals surface area (Å²) in [5, 5.41) is 23.4. The Morgan fingerprint density at radius 2 is 1.91 bits per heavy atom. The highest BCUT2D eigenvalue weighted by Crippen LogP contribution is 2.23. The number of rotatable bonds is 9. The van der Waals surface area contributed by atoms with Crippen LogP contribution in [0, 0.1) is 5.92 Å². The molecule has 1 aromatic heterocycles. The number of aromatic nitrogens is 2. The zero-order valence-electron chi connectivity index (χ0n) is 17.8. The van der Waals surface area contributed by atoms with E-state index in [4.69, 9.17) is 15.9 Å². The second kappa shape index (κ2) is 11.1. The lowest BCUT2D eigenvalue weighted by Gasteiger charge is -2.24. The van der Waals surface area contributed by atoms with Crippen LogP contribution in [0.1, 0.15) is 40.7 Å². The fourth-order valence-corrected chi connectivity index (χ4v) is 3.62. The minimum Gasteiger partial charge on any atom is -0.481 e. The number of carboxylic acid groups (broad SMARTS) is 2. The van der Waals surface area contributed by atoms with Gasteiger partial charge in [0.15, 0.2) is 0 Å². The van der Waals surface area contributed by atoms with Crippen molar-refractivity contribution < 1.29 is 30.1 Å². The number of nitrogens with two attached hydrogens (primary N) is 1. The normalized spacial score (nSPS) is 15.3. The largest absolute Gasteiger partial charge is 0.481 e. The highest BCUT2D eigenvalue weighted by Gasteiger charge is 2.23. The zero-order valence-corrected chi connectivity index (χ0v) is 17.8. The van der Waals surface area contributed by atoms with Crippen LogP contribution in [0.15, 0.2) is 29.1 Å². The van der Waals surface area contributed by atoms with E-state index < -0.39 is 23.9 Å². The number of benzene rings is 1. The van der Waals surface area contributed by atoms with Gasteiger partial charge in [-0.1, -0.05) is 12.1 Å². The van der Waals surface area contributed by atoms with Crippen LogP contribution >= 0.6 is 0 Å². The molecule has 0 aliphatic carbocycles. The summed E-state index contributed by atoms with van der Waals surface area (Å²) in [6, 6.07) is 5.52. The number of aliphatic carboxylic acids is 2. The van der Waals surface area contributed by atoms with Crippen molar-refractivity contribution in [2.45, 2.75) is 38.1 Å². The number of nitrogens with one attached hydrogen (secondary N) is 3. The molecule has 0 saturated heterocycles. The lowest BCUT2D eigenvalue weighted by molar-refractivity contribution is -0.140. The van der Waals surface area contributed by atoms with E-state index in [2.05, 4.69) is 20.6 Å². The molecule has 12 nitrogen and oxygen atoms in total. The smallest absolute Gasteiger partial charge is 0.326 e. The number of H-pyrrole nitrogens is 1. The molecule has 178 valence electrons. The zero-order chi connectivity index (χ0) is 23.3. The van der Waals surface area contributed by atoms with Crippen LogP contribution in [0.2, 0.25) is 0 Å². The van der Waals surface area contributed by atoms with E-state index in [1.807, 2.05) is 0 Å². The standard InChI is InChI=1S/C21H25N5O6.H2O/c22-21-25-17-14(19(30)26-21)9-12(10-23-17)2-1-11-3-5-13(6-4-11)18(29)24-15(20(31)32)7-8-16(27)28;/h3-6,12,15H,1-2,7-10H2,(H,24,29)(H,27,28)(H,31,32)(H4,22,23,25,26,30);1H2/t12-,15+;/m1./s1. The molecular weight excluding hydrogens is 434 g/mol. The highest BCUT2D eigenvalue weighted by atomic mass is 16.4. The average molecular weight is 461 g/mol. The Morgan fingerprint density at radius 3 is 2.55 bits per heavy atom. The van der Waals surface area contributed by atoms with E-state index in [-0.39, 0.29) is 35.7 Å². The van der Waals surface area contributed by atoms with Gasteiger partial charge in [-0.15, -0.1) is 0 Å². The molecular formula is C21H27N5O7. The first-order valence-corrected chi connectivity index (χ1v) is 10.2. The first kappa shape index (κ1) is 25.3. The Morgan fingerprint density at radius 1 is 1.21 bits per heavy atom. The Labute approximate surface area is 188 Å². The third-order valence-corrected chi connectivity index (χ3v) is 5.39. The summed E-state index contributed by atoms with van der Waals surface area (Å²) in [4.78, 5) is 52.9. The van der Waals surface area contributed by atoms with Gasteiger partial charge in [0.1, 0.15) is 11.9 Å². The fraction of sp³-hybridized carbons (Fsp3) is 0.381. The monoisotopic (exact) mass is 461 g/mol. The molecule has 0 fully saturated rings. The van der Waals surface area contributed by atoms with Crippen LogP contribution in [-0.2, 0) is 22.4 Å². The molecule has 9 N–H and O–H groups in total. The number of aromatic amines is 1. The average Bonchev–Trinajstić information content (AvgIpc) is 2.75. The van der Waals surface area contributed by atoms with Gasteiger partial charge >= 0.3 is 11.9 Å². The third kappa shape index (κ3) is 6.77. The SMILES string of the molecule is Nc1nc2c(c(=O)[nH]1)C[C@@H](CCc1ccc(C(=O)N[C@@H](CCC(=O)O)C(=O)O)cc1)CN2.O. The molecule has 0 radical (unpaired) electrons. The van der Waals surface area contributed by atoms with Crippen LogP contribution in [0.25, 0.3) is 0 Å². The molecule has 1 amide bonds. The van der Waals surface area contributed by atoms with E-state index in [1.165, 1.54) is 0 Å². The summed E-state index contributed by atoms with van der Waals surface area (Å²) >= 11 is 0. The maximum absolute atomic E-state index is 12.3. The predicted molar refractivity (Wildman–Crippen MR) is 119 cm³/mol. The molecule has 2 aromatic rings. The van der Waals surface area contributed by atoms with Gasteiger partial charge in [-0.3, -0.25) is 19.4 Å². The number of aryl methyl sites for hydroxylation is 1. The topological polar surface area (TPSA) is 219 Å². The van der Waals surface area contributed by atoms with Crippen LogP contribution in [-0.4, -0.2) is 56.1 Å². The number of hydrogen-bond donors (Lipinski definition) is 6. The van der Waals surface area contributed by atoms with Crippen LogP contribution < -0.4 is 21.9 Å². The van der Waals surface area contributed by atoms with E-state index in [1.54, 1.807) is 24.3 Å². The second-order valence-corrected chi connectivity index (χ2v) is 7.76. The summed E-state index contributed by atoms with van der Waals surface area (Å²) < 4.78 is 0. The molecule has 1 aromatic carbocycles. The number of nitrogens with zero attached hydrogens (tertiary/aromatic N) is 1. The van der Waals surface area contributed by atoms with Crippen LogP contribution in [0.3, 0.4) is 0 Å². The number of carbonyl (C=O) groups excluding carboxylic acids is 1. The van der Waals surface area contributed by atoms with Gasteiger partial charge in [-0.25, -0.2) is 4.79 Å². The van der Waals surface area contributed by atoms with Gasteiger partial charge in [-0.2, -0.15) is 4.98 Å². The number of anilines is 2. The van der Waals surface area contributed by atoms with E-state index >= 15 is 0 Å². The Kier molecular flexibility index (Phi) is 8.51. The highest BCUT2D eigenvalue weighted by molar-refractivity contribution is 5.96. The summed E-state index contributed by atoms with van der Waals surface area (Å²) in [7, 11) is 0. The quantitative estimate of drug-likeness (QED) is 0.290. The first-order valence-electron chi connectivity index (χ1n) is 10.2. The molecule has 0 unspecified atom stereocenters. The summed E-state index contributed by atoms with van der Waals surface area (Å²) in [5.74, 6) is -2.13. The van der Waals surface area contributed by atoms with E-state index in [0.29, 0.717) is 29.9 Å². The first-order chi connectivity index (χ1) is 15.2. The van der Waals surface area contributed by atoms with Gasteiger partial charge in [0, 0.05) is 18.5 Å². The molecule has 12 heteroatoms.